The summed E-state index contributed by atoms with van der Waals surface area (Å²) in [7, 11) is 0. The molecule has 2 saturated carbocycles. The second-order valence-electron chi connectivity index (χ2n) is 7.08. The van der Waals surface area contributed by atoms with Gasteiger partial charge < -0.3 is 4.74 Å². The molecule has 1 aromatic rings. The lowest BCUT2D eigenvalue weighted by atomic mass is 9.81. The monoisotopic (exact) mass is 327 g/mol. The Morgan fingerprint density at radius 3 is 2.21 bits per heavy atom. The van der Waals surface area contributed by atoms with Crippen molar-refractivity contribution in [2.75, 3.05) is 11.5 Å². The van der Waals surface area contributed by atoms with Crippen LogP contribution in [0.1, 0.15) is 43.0 Å². The average molecular weight is 327 g/mol. The fourth-order valence-electron chi connectivity index (χ4n) is 4.69. The Hall–Kier alpha value is -2.17. The molecule has 5 heteroatoms. The van der Waals surface area contributed by atoms with Crippen molar-refractivity contribution in [2.45, 2.75) is 32.6 Å². The number of amides is 2. The molecule has 4 rings (SSSR count). The molecular formula is C19H21NO4. The molecule has 1 aromatic carbocycles. The Labute approximate surface area is 141 Å². The van der Waals surface area contributed by atoms with Gasteiger partial charge in [0.25, 0.3) is 0 Å². The Morgan fingerprint density at radius 2 is 1.67 bits per heavy atom. The first-order chi connectivity index (χ1) is 11.6. The van der Waals surface area contributed by atoms with E-state index in [9.17, 15) is 14.4 Å². The lowest BCUT2D eigenvalue weighted by Crippen LogP contribution is -2.32. The van der Waals surface area contributed by atoms with Gasteiger partial charge in [-0.15, -0.1) is 0 Å². The van der Waals surface area contributed by atoms with Crippen LogP contribution in [0.2, 0.25) is 0 Å². The molecule has 0 N–H and O–H groups in total. The number of nitrogens with zero attached hydrogens (tertiary/aromatic N) is 1. The normalized spacial score (nSPS) is 30.8. The first kappa shape index (κ1) is 15.4. The SMILES string of the molecule is CCCOC(=O)c1ccc(N2C(=O)[C@H]3[C@@H]4CC[C@@H](C4)[C@@H]3C2=O)cc1. The first-order valence-electron chi connectivity index (χ1n) is 8.76. The zero-order valence-corrected chi connectivity index (χ0v) is 13.7. The first-order valence-corrected chi connectivity index (χ1v) is 8.76. The summed E-state index contributed by atoms with van der Waals surface area (Å²) in [6.45, 7) is 2.32. The molecule has 2 aliphatic carbocycles. The van der Waals surface area contributed by atoms with Crippen molar-refractivity contribution in [3.05, 3.63) is 29.8 Å². The third-order valence-electron chi connectivity index (χ3n) is 5.73. The fraction of sp³-hybridized carbons (Fsp3) is 0.526. The maximum Gasteiger partial charge on any atom is 0.338 e. The standard InChI is InChI=1S/C19H21NO4/c1-2-9-24-19(23)11-5-7-14(8-6-11)20-17(21)15-12-3-4-13(10-12)16(15)18(20)22/h5-8,12-13,15-16H,2-4,9-10H2,1H3/t12-,13+,15-,16-/m0/s1. The van der Waals surface area contributed by atoms with E-state index < -0.39 is 0 Å². The summed E-state index contributed by atoms with van der Waals surface area (Å²) < 4.78 is 5.10. The van der Waals surface area contributed by atoms with Gasteiger partial charge in [0.15, 0.2) is 0 Å². The van der Waals surface area contributed by atoms with E-state index in [0.717, 1.165) is 25.7 Å². The molecule has 24 heavy (non-hydrogen) atoms. The number of anilines is 1. The highest BCUT2D eigenvalue weighted by molar-refractivity contribution is 6.22. The minimum Gasteiger partial charge on any atom is -0.462 e. The highest BCUT2D eigenvalue weighted by Crippen LogP contribution is 2.56. The van der Waals surface area contributed by atoms with Crippen molar-refractivity contribution in [2.24, 2.45) is 23.7 Å². The van der Waals surface area contributed by atoms with Gasteiger partial charge in [-0.2, -0.15) is 0 Å². The molecular weight excluding hydrogens is 306 g/mol. The Morgan fingerprint density at radius 1 is 1.08 bits per heavy atom. The lowest BCUT2D eigenvalue weighted by molar-refractivity contribution is -0.123. The highest BCUT2D eigenvalue weighted by atomic mass is 16.5. The third-order valence-corrected chi connectivity index (χ3v) is 5.73. The second kappa shape index (κ2) is 5.72. The number of carbonyl (C=O) groups excluding carboxylic acids is 3. The smallest absolute Gasteiger partial charge is 0.338 e. The fourth-order valence-corrected chi connectivity index (χ4v) is 4.69. The Kier molecular flexibility index (Phi) is 3.66. The molecule has 1 heterocycles. The van der Waals surface area contributed by atoms with Crippen LogP contribution in [0.5, 0.6) is 0 Å². The van der Waals surface area contributed by atoms with Gasteiger partial charge in [-0.05, 0) is 61.8 Å². The topological polar surface area (TPSA) is 63.7 Å². The van der Waals surface area contributed by atoms with E-state index in [-0.39, 0.29) is 29.6 Å². The minimum absolute atomic E-state index is 0.0569. The van der Waals surface area contributed by atoms with Gasteiger partial charge in [0.05, 0.1) is 29.7 Å². The number of ether oxygens (including phenoxy) is 1. The summed E-state index contributed by atoms with van der Waals surface area (Å²) in [6.07, 6.45) is 3.94. The van der Waals surface area contributed by atoms with E-state index >= 15 is 0 Å². The number of carbonyl (C=O) groups is 3. The van der Waals surface area contributed by atoms with Gasteiger partial charge >= 0.3 is 5.97 Å². The molecule has 3 aliphatic rings. The number of hydrogen-bond donors (Lipinski definition) is 0. The number of benzene rings is 1. The summed E-state index contributed by atoms with van der Waals surface area (Å²) in [4.78, 5) is 38.7. The lowest BCUT2D eigenvalue weighted by Gasteiger charge is -2.19. The average Bonchev–Trinajstić information content (AvgIpc) is 3.27. The van der Waals surface area contributed by atoms with Crippen LogP contribution in [0.3, 0.4) is 0 Å². The van der Waals surface area contributed by atoms with E-state index in [2.05, 4.69) is 0 Å². The van der Waals surface area contributed by atoms with E-state index in [4.69, 9.17) is 4.74 Å². The van der Waals surface area contributed by atoms with E-state index in [0.29, 0.717) is 29.7 Å². The summed E-state index contributed by atoms with van der Waals surface area (Å²) in [6, 6.07) is 6.58. The second-order valence-corrected chi connectivity index (χ2v) is 7.08. The molecule has 4 atom stereocenters. The Balaban J connectivity index is 1.55. The number of hydrogen-bond acceptors (Lipinski definition) is 4. The van der Waals surface area contributed by atoms with Crippen LogP contribution in [0.4, 0.5) is 5.69 Å². The van der Waals surface area contributed by atoms with Crippen LogP contribution < -0.4 is 4.90 Å². The Bertz CT molecular complexity index is 668. The summed E-state index contributed by atoms with van der Waals surface area (Å²) in [5, 5.41) is 0. The van der Waals surface area contributed by atoms with Crippen molar-refractivity contribution < 1.29 is 19.1 Å². The van der Waals surface area contributed by atoms with Crippen LogP contribution in [0.15, 0.2) is 24.3 Å². The summed E-state index contributed by atoms with van der Waals surface area (Å²) >= 11 is 0. The van der Waals surface area contributed by atoms with Gasteiger partial charge in [-0.3, -0.25) is 14.5 Å². The molecule has 5 nitrogen and oxygen atoms in total. The predicted molar refractivity (Wildman–Crippen MR) is 87.3 cm³/mol. The van der Waals surface area contributed by atoms with Crippen molar-refractivity contribution in [1.29, 1.82) is 0 Å². The molecule has 0 unspecified atom stereocenters. The molecule has 2 bridgehead atoms. The minimum atomic E-state index is -0.377. The van der Waals surface area contributed by atoms with Crippen LogP contribution in [-0.2, 0) is 14.3 Å². The zero-order chi connectivity index (χ0) is 16.8. The summed E-state index contributed by atoms with van der Waals surface area (Å²) in [5.41, 5.74) is 0.998. The van der Waals surface area contributed by atoms with Crippen LogP contribution >= 0.6 is 0 Å². The van der Waals surface area contributed by atoms with E-state index in [1.807, 2.05) is 6.92 Å². The zero-order valence-electron chi connectivity index (χ0n) is 13.7. The molecule has 0 aromatic heterocycles. The molecule has 2 amide bonds. The third kappa shape index (κ3) is 2.18. The maximum atomic E-state index is 12.8. The molecule has 0 spiro atoms. The van der Waals surface area contributed by atoms with Crippen LogP contribution in [0, 0.1) is 23.7 Å². The number of rotatable bonds is 4. The van der Waals surface area contributed by atoms with Gasteiger partial charge in [0, 0.05) is 0 Å². The van der Waals surface area contributed by atoms with Crippen molar-refractivity contribution in [3.8, 4) is 0 Å². The van der Waals surface area contributed by atoms with Crippen molar-refractivity contribution in [3.63, 3.8) is 0 Å². The number of esters is 1. The molecule has 1 aliphatic heterocycles. The molecule has 1 saturated heterocycles. The number of fused-ring (bicyclic) bond motifs is 5. The van der Waals surface area contributed by atoms with Gasteiger partial charge in [-0.25, -0.2) is 4.79 Å². The van der Waals surface area contributed by atoms with Crippen molar-refractivity contribution >= 4 is 23.5 Å². The van der Waals surface area contributed by atoms with Gasteiger partial charge in [0.1, 0.15) is 0 Å². The van der Waals surface area contributed by atoms with E-state index in [1.54, 1.807) is 24.3 Å². The molecule has 126 valence electrons. The molecule has 3 fully saturated rings. The highest BCUT2D eigenvalue weighted by Gasteiger charge is 2.61. The number of imide groups is 1. The largest absolute Gasteiger partial charge is 0.462 e. The van der Waals surface area contributed by atoms with Gasteiger partial charge in [0.2, 0.25) is 11.8 Å². The maximum absolute atomic E-state index is 12.8. The van der Waals surface area contributed by atoms with Crippen LogP contribution in [0.25, 0.3) is 0 Å². The summed E-state index contributed by atoms with van der Waals surface area (Å²) in [5.74, 6) is 0.0276. The van der Waals surface area contributed by atoms with E-state index in [1.165, 1.54) is 4.90 Å². The van der Waals surface area contributed by atoms with Crippen molar-refractivity contribution in [1.82, 2.24) is 0 Å². The molecule has 0 radical (unpaired) electrons. The predicted octanol–water partition coefficient (Wildman–Crippen LogP) is 2.79. The van der Waals surface area contributed by atoms with Gasteiger partial charge in [-0.1, -0.05) is 6.92 Å². The quantitative estimate of drug-likeness (QED) is 0.630. The van der Waals surface area contributed by atoms with Crippen LogP contribution in [-0.4, -0.2) is 24.4 Å².